The molecule has 0 radical (unpaired) electrons. The van der Waals surface area contributed by atoms with Crippen LogP contribution in [0.3, 0.4) is 0 Å². The number of nitrogens with two attached hydrogens (primary N) is 1. The highest BCUT2D eigenvalue weighted by Crippen LogP contribution is 2.16. The Morgan fingerprint density at radius 3 is 2.69 bits per heavy atom. The van der Waals surface area contributed by atoms with Crippen LogP contribution in [-0.2, 0) is 4.79 Å². The molecular weight excluding hydrogens is 202 g/mol. The Kier molecular flexibility index (Phi) is 4.17. The number of anilines is 2. The lowest BCUT2D eigenvalue weighted by Crippen LogP contribution is -2.23. The van der Waals surface area contributed by atoms with Crippen LogP contribution < -0.4 is 11.1 Å². The number of nitrogens with one attached hydrogen (secondary N) is 1. The van der Waals surface area contributed by atoms with Gasteiger partial charge in [0.05, 0.1) is 0 Å². The number of nitrogens with zero attached hydrogens (tertiary/aromatic N) is 1. The minimum absolute atomic E-state index is 0.118. The fraction of sp³-hybridized carbons (Fsp3) is 0.417. The molecule has 0 aliphatic carbocycles. The van der Waals surface area contributed by atoms with E-state index < -0.39 is 0 Å². The van der Waals surface area contributed by atoms with Crippen molar-refractivity contribution in [2.75, 3.05) is 31.7 Å². The van der Waals surface area contributed by atoms with Crippen molar-refractivity contribution in [3.05, 3.63) is 23.8 Å². The lowest BCUT2D eigenvalue weighted by Gasteiger charge is -2.11. The molecule has 0 saturated heterocycles. The zero-order valence-electron chi connectivity index (χ0n) is 10.1. The van der Waals surface area contributed by atoms with Gasteiger partial charge in [0.2, 0.25) is 5.91 Å². The Balaban J connectivity index is 2.43. The van der Waals surface area contributed by atoms with E-state index in [0.29, 0.717) is 13.0 Å². The molecule has 88 valence electrons. The van der Waals surface area contributed by atoms with Crippen molar-refractivity contribution in [3.8, 4) is 0 Å². The van der Waals surface area contributed by atoms with Crippen molar-refractivity contribution in [1.82, 2.24) is 4.90 Å². The van der Waals surface area contributed by atoms with Crippen LogP contribution >= 0.6 is 0 Å². The number of hydrogen-bond acceptors (Lipinski definition) is 3. The molecule has 0 aromatic heterocycles. The molecule has 0 bridgehead atoms. The van der Waals surface area contributed by atoms with Crippen molar-refractivity contribution >= 4 is 17.3 Å². The fourth-order valence-corrected chi connectivity index (χ4v) is 1.29. The number of rotatable bonds is 4. The molecular formula is C12H19N3O. The largest absolute Gasteiger partial charge is 0.398 e. The van der Waals surface area contributed by atoms with E-state index in [0.717, 1.165) is 16.9 Å². The van der Waals surface area contributed by atoms with Crippen molar-refractivity contribution < 1.29 is 4.79 Å². The highest BCUT2D eigenvalue weighted by molar-refractivity contribution is 5.76. The topological polar surface area (TPSA) is 58.4 Å². The predicted octanol–water partition coefficient (Wildman–Crippen LogP) is 1.47. The molecule has 0 aliphatic rings. The van der Waals surface area contributed by atoms with Gasteiger partial charge in [-0.2, -0.15) is 0 Å². The molecule has 4 nitrogen and oxygen atoms in total. The van der Waals surface area contributed by atoms with Crippen LogP contribution in [-0.4, -0.2) is 31.4 Å². The molecule has 1 amide bonds. The van der Waals surface area contributed by atoms with Crippen LogP contribution in [0.15, 0.2) is 18.2 Å². The molecule has 1 aromatic carbocycles. The number of hydrogen-bond donors (Lipinski definition) is 2. The minimum Gasteiger partial charge on any atom is -0.398 e. The first kappa shape index (κ1) is 12.4. The van der Waals surface area contributed by atoms with Crippen LogP contribution in [0.2, 0.25) is 0 Å². The second-order valence-electron chi connectivity index (χ2n) is 4.04. The van der Waals surface area contributed by atoms with Crippen molar-refractivity contribution in [2.24, 2.45) is 0 Å². The Labute approximate surface area is 96.4 Å². The van der Waals surface area contributed by atoms with E-state index in [4.69, 9.17) is 5.73 Å². The molecule has 1 aromatic rings. The summed E-state index contributed by atoms with van der Waals surface area (Å²) >= 11 is 0. The van der Waals surface area contributed by atoms with Gasteiger partial charge in [-0.15, -0.1) is 0 Å². The highest BCUT2D eigenvalue weighted by atomic mass is 16.2. The van der Waals surface area contributed by atoms with Crippen LogP contribution in [0, 0.1) is 6.92 Å². The average molecular weight is 221 g/mol. The average Bonchev–Trinajstić information content (AvgIpc) is 2.23. The normalized spacial score (nSPS) is 9.94. The number of carbonyl (C=O) groups excluding carboxylic acids is 1. The first-order valence-electron chi connectivity index (χ1n) is 5.31. The molecule has 3 N–H and O–H groups in total. The zero-order valence-corrected chi connectivity index (χ0v) is 10.1. The second-order valence-corrected chi connectivity index (χ2v) is 4.04. The quantitative estimate of drug-likeness (QED) is 0.757. The van der Waals surface area contributed by atoms with E-state index in [1.54, 1.807) is 19.0 Å². The highest BCUT2D eigenvalue weighted by Gasteiger charge is 2.03. The van der Waals surface area contributed by atoms with Gasteiger partial charge >= 0.3 is 0 Å². The van der Waals surface area contributed by atoms with Gasteiger partial charge in [0.15, 0.2) is 0 Å². The molecule has 0 aliphatic heterocycles. The summed E-state index contributed by atoms with van der Waals surface area (Å²) in [6.07, 6.45) is 0.487. The van der Waals surface area contributed by atoms with E-state index in [9.17, 15) is 4.79 Å². The van der Waals surface area contributed by atoms with Gasteiger partial charge in [0, 0.05) is 38.4 Å². The van der Waals surface area contributed by atoms with Crippen LogP contribution in [0.4, 0.5) is 11.4 Å². The monoisotopic (exact) mass is 221 g/mol. The Hall–Kier alpha value is -1.71. The number of nitrogen functional groups attached to an aromatic ring is 1. The van der Waals surface area contributed by atoms with Gasteiger partial charge in [0.1, 0.15) is 0 Å². The first-order chi connectivity index (χ1) is 7.50. The number of carbonyl (C=O) groups is 1. The predicted molar refractivity (Wildman–Crippen MR) is 67.4 cm³/mol. The van der Waals surface area contributed by atoms with Crippen LogP contribution in [0.5, 0.6) is 0 Å². The second kappa shape index (κ2) is 5.39. The van der Waals surface area contributed by atoms with Gasteiger partial charge in [-0.05, 0) is 24.6 Å². The third kappa shape index (κ3) is 3.46. The maximum absolute atomic E-state index is 11.3. The summed E-state index contributed by atoms with van der Waals surface area (Å²) in [5, 5.41) is 3.17. The smallest absolute Gasteiger partial charge is 0.223 e. The third-order valence-electron chi connectivity index (χ3n) is 2.45. The third-order valence-corrected chi connectivity index (χ3v) is 2.45. The van der Waals surface area contributed by atoms with Crippen LogP contribution in [0.25, 0.3) is 0 Å². The van der Waals surface area contributed by atoms with E-state index in [2.05, 4.69) is 5.32 Å². The number of benzene rings is 1. The molecule has 0 heterocycles. The SMILES string of the molecule is Cc1ccc(NCCC(=O)N(C)C)cc1N. The minimum atomic E-state index is 0.118. The van der Waals surface area contributed by atoms with Gasteiger partial charge < -0.3 is 16.0 Å². The Morgan fingerprint density at radius 2 is 2.12 bits per heavy atom. The molecule has 1 rings (SSSR count). The number of amides is 1. The molecule has 0 atom stereocenters. The van der Waals surface area contributed by atoms with Gasteiger partial charge in [-0.3, -0.25) is 4.79 Å². The maximum Gasteiger partial charge on any atom is 0.223 e. The van der Waals surface area contributed by atoms with Crippen LogP contribution in [0.1, 0.15) is 12.0 Å². The molecule has 0 saturated carbocycles. The van der Waals surface area contributed by atoms with E-state index in [-0.39, 0.29) is 5.91 Å². The van der Waals surface area contributed by atoms with Crippen molar-refractivity contribution in [1.29, 1.82) is 0 Å². The van der Waals surface area contributed by atoms with E-state index in [1.807, 2.05) is 25.1 Å². The van der Waals surface area contributed by atoms with Gasteiger partial charge in [0.25, 0.3) is 0 Å². The Morgan fingerprint density at radius 1 is 1.44 bits per heavy atom. The summed E-state index contributed by atoms with van der Waals surface area (Å²) < 4.78 is 0. The summed E-state index contributed by atoms with van der Waals surface area (Å²) in [6.45, 7) is 2.59. The summed E-state index contributed by atoms with van der Waals surface area (Å²) in [5.41, 5.74) is 8.57. The summed E-state index contributed by atoms with van der Waals surface area (Å²) in [6, 6.07) is 5.81. The summed E-state index contributed by atoms with van der Waals surface area (Å²) in [5.74, 6) is 0.118. The lowest BCUT2D eigenvalue weighted by molar-refractivity contribution is -0.128. The Bertz CT molecular complexity index is 375. The summed E-state index contributed by atoms with van der Waals surface area (Å²) in [4.78, 5) is 12.9. The lowest BCUT2D eigenvalue weighted by atomic mass is 10.2. The van der Waals surface area contributed by atoms with Gasteiger partial charge in [-0.25, -0.2) is 0 Å². The molecule has 0 fully saturated rings. The molecule has 0 unspecified atom stereocenters. The van der Waals surface area contributed by atoms with E-state index >= 15 is 0 Å². The fourth-order valence-electron chi connectivity index (χ4n) is 1.29. The number of aryl methyl sites for hydroxylation is 1. The zero-order chi connectivity index (χ0) is 12.1. The molecule has 16 heavy (non-hydrogen) atoms. The first-order valence-corrected chi connectivity index (χ1v) is 5.31. The molecule has 0 spiro atoms. The molecule has 4 heteroatoms. The summed E-state index contributed by atoms with van der Waals surface area (Å²) in [7, 11) is 3.51. The van der Waals surface area contributed by atoms with Gasteiger partial charge in [-0.1, -0.05) is 6.07 Å². The maximum atomic E-state index is 11.3. The van der Waals surface area contributed by atoms with Crippen molar-refractivity contribution in [2.45, 2.75) is 13.3 Å². The van der Waals surface area contributed by atoms with Crippen molar-refractivity contribution in [3.63, 3.8) is 0 Å². The van der Waals surface area contributed by atoms with E-state index in [1.165, 1.54) is 0 Å². The standard InChI is InChI=1S/C12H19N3O/c1-9-4-5-10(8-11(9)13)14-7-6-12(16)15(2)3/h4-5,8,14H,6-7,13H2,1-3H3.